The molecule has 9 nitrogen and oxygen atoms in total. The second kappa shape index (κ2) is 39.7. The Morgan fingerprint density at radius 2 is 1.06 bits per heavy atom. The fourth-order valence-electron chi connectivity index (χ4n) is 6.18. The van der Waals surface area contributed by atoms with Gasteiger partial charge in [-0.05, 0) is 76.7 Å². The zero-order chi connectivity index (χ0) is 39.7. The van der Waals surface area contributed by atoms with Crippen LogP contribution in [0.5, 0.6) is 0 Å². The molecule has 0 saturated heterocycles. The zero-order valence-electron chi connectivity index (χ0n) is 34.5. The molecule has 0 aromatic rings. The Kier molecular flexibility index (Phi) is 37.6. The summed E-state index contributed by atoms with van der Waals surface area (Å²) in [4.78, 5) is 47.4. The van der Waals surface area contributed by atoms with Crippen molar-refractivity contribution in [3.8, 4) is 0 Å². The topological polar surface area (TPSA) is 142 Å². The number of esters is 1. The molecule has 2 unspecified atom stereocenters. The van der Waals surface area contributed by atoms with E-state index in [9.17, 15) is 19.2 Å². The third kappa shape index (κ3) is 36.1. The summed E-state index contributed by atoms with van der Waals surface area (Å²) in [6.07, 6.45) is 44.9. The van der Waals surface area contributed by atoms with Crippen LogP contribution in [0.1, 0.15) is 200 Å². The Balaban J connectivity index is 4.08. The summed E-state index contributed by atoms with van der Waals surface area (Å²) in [6, 6.07) is -1.39. The van der Waals surface area contributed by atoms with Gasteiger partial charge in [-0.15, -0.1) is 0 Å². The minimum absolute atomic E-state index is 0.118. The quantitative estimate of drug-likeness (QED) is 0.0277. The third-order valence-corrected chi connectivity index (χ3v) is 9.59. The summed E-state index contributed by atoms with van der Waals surface area (Å²) in [5.74, 6) is -2.40. The third-order valence-electron chi connectivity index (χ3n) is 9.59. The number of ether oxygens (including phenoxy) is 1. The van der Waals surface area contributed by atoms with E-state index >= 15 is 0 Å². The number of rotatable bonds is 39. The number of hydrogen-bond donors (Lipinski definition) is 4. The maximum Gasteiger partial charge on any atom is 0.328 e. The summed E-state index contributed by atoms with van der Waals surface area (Å²) < 4.78 is 5.88. The highest BCUT2D eigenvalue weighted by molar-refractivity contribution is 5.87. The molecular weight excluding hydrogens is 681 g/mol. The number of aliphatic carboxylic acids is 1. The van der Waals surface area contributed by atoms with Crippen molar-refractivity contribution in [1.82, 2.24) is 10.6 Å². The molecule has 2 amide bonds. The van der Waals surface area contributed by atoms with Gasteiger partial charge in [-0.3, -0.25) is 14.4 Å². The number of carboxylic acids is 1. The number of carbonyl (C=O) groups is 4. The van der Waals surface area contributed by atoms with E-state index in [1.54, 1.807) is 0 Å². The van der Waals surface area contributed by atoms with E-state index in [0.717, 1.165) is 57.8 Å². The van der Waals surface area contributed by atoms with Crippen molar-refractivity contribution in [2.24, 2.45) is 0 Å². The molecule has 54 heavy (non-hydrogen) atoms. The minimum Gasteiger partial charge on any atom is -0.480 e. The van der Waals surface area contributed by atoms with Gasteiger partial charge in [0.2, 0.25) is 11.8 Å². The Morgan fingerprint density at radius 3 is 1.61 bits per heavy atom. The van der Waals surface area contributed by atoms with Crippen LogP contribution < -0.4 is 10.6 Å². The summed E-state index contributed by atoms with van der Waals surface area (Å²) in [6.45, 7) is 3.41. The van der Waals surface area contributed by atoms with Gasteiger partial charge < -0.3 is 25.6 Å². The number of nitrogens with one attached hydrogen (secondary N) is 2. The molecule has 0 saturated carbocycles. The molecule has 0 aliphatic heterocycles. The van der Waals surface area contributed by atoms with Crippen LogP contribution in [0.4, 0.5) is 0 Å². The summed E-state index contributed by atoms with van der Waals surface area (Å²) in [5, 5.41) is 22.5. The summed E-state index contributed by atoms with van der Waals surface area (Å²) in [5.41, 5.74) is 0. The lowest BCUT2D eigenvalue weighted by molar-refractivity contribution is -0.147. The number of aliphatic hydroxyl groups is 1. The van der Waals surface area contributed by atoms with Crippen LogP contribution in [0.15, 0.2) is 36.5 Å². The number of amides is 2. The lowest BCUT2D eigenvalue weighted by atomic mass is 10.1. The van der Waals surface area contributed by atoms with E-state index < -0.39 is 24.5 Å². The van der Waals surface area contributed by atoms with Gasteiger partial charge in [-0.1, -0.05) is 147 Å². The molecule has 0 bridgehead atoms. The normalized spacial score (nSPS) is 12.8. The highest BCUT2D eigenvalue weighted by atomic mass is 16.5. The zero-order valence-corrected chi connectivity index (χ0v) is 34.5. The molecule has 0 aliphatic rings. The van der Waals surface area contributed by atoms with Gasteiger partial charge in [0.15, 0.2) is 0 Å². The number of unbranched alkanes of at least 4 members (excludes halogenated alkanes) is 21. The number of carbonyl (C=O) groups excluding carboxylic acids is 3. The first-order chi connectivity index (χ1) is 26.3. The minimum atomic E-state index is -1.39. The predicted octanol–water partition coefficient (Wildman–Crippen LogP) is 10.6. The van der Waals surface area contributed by atoms with Crippen molar-refractivity contribution in [1.29, 1.82) is 0 Å². The molecule has 9 heteroatoms. The van der Waals surface area contributed by atoms with Gasteiger partial charge in [0.1, 0.15) is 12.1 Å². The Hall–Kier alpha value is -2.94. The maximum atomic E-state index is 12.7. The number of aliphatic hydroxyl groups excluding tert-OH is 1. The molecule has 2 atom stereocenters. The van der Waals surface area contributed by atoms with Crippen LogP contribution in [0, 0.1) is 0 Å². The smallest absolute Gasteiger partial charge is 0.328 e. The van der Waals surface area contributed by atoms with Gasteiger partial charge >= 0.3 is 11.9 Å². The van der Waals surface area contributed by atoms with E-state index in [4.69, 9.17) is 14.9 Å². The molecule has 4 N–H and O–H groups in total. The Labute approximate surface area is 329 Å². The van der Waals surface area contributed by atoms with E-state index in [2.05, 4.69) is 60.9 Å². The molecule has 0 aliphatic carbocycles. The monoisotopic (exact) mass is 761 g/mol. The van der Waals surface area contributed by atoms with Crippen LogP contribution in [-0.2, 0) is 23.9 Å². The predicted molar refractivity (Wildman–Crippen MR) is 222 cm³/mol. The molecule has 0 rings (SSSR count). The van der Waals surface area contributed by atoms with E-state index in [-0.39, 0.29) is 30.9 Å². The SMILES string of the molecule is CCCCCC/C=C\C(CCCCCCC(=O)NCC(=O)NC(CO)C(=O)O)OC(=O)CCCCCCCCCCC/C=C\C/C=C\CCCCCCC. The van der Waals surface area contributed by atoms with Gasteiger partial charge in [0.05, 0.1) is 13.2 Å². The first kappa shape index (κ1) is 51.1. The highest BCUT2D eigenvalue weighted by Crippen LogP contribution is 2.16. The van der Waals surface area contributed by atoms with Crippen molar-refractivity contribution in [3.63, 3.8) is 0 Å². The fraction of sp³-hybridized carbons (Fsp3) is 0.778. The first-order valence-corrected chi connectivity index (χ1v) is 21.9. The molecule has 0 radical (unpaired) electrons. The van der Waals surface area contributed by atoms with E-state index in [0.29, 0.717) is 12.8 Å². The summed E-state index contributed by atoms with van der Waals surface area (Å²) in [7, 11) is 0. The number of allylic oxidation sites excluding steroid dienone is 5. The molecule has 0 heterocycles. The average Bonchev–Trinajstić information content (AvgIpc) is 3.15. The van der Waals surface area contributed by atoms with Crippen LogP contribution in [0.3, 0.4) is 0 Å². The van der Waals surface area contributed by atoms with Crippen molar-refractivity contribution in [2.45, 2.75) is 212 Å². The standard InChI is InChI=1S/C45H80N2O7/c1-3-5-7-9-11-12-13-14-15-16-17-18-19-20-21-22-23-24-25-27-33-37-44(51)54-40(34-30-26-10-8-6-4-2)35-31-28-29-32-36-42(49)46-38-43(50)47-41(39-48)45(52)53/h13-14,16-17,30,34,40-41,48H,3-12,15,18-29,31-33,35-39H2,1-2H3,(H,46,49)(H,47,50)(H,52,53)/b14-13-,17-16-,34-30-. The lowest BCUT2D eigenvalue weighted by Crippen LogP contribution is -2.47. The Morgan fingerprint density at radius 1 is 0.574 bits per heavy atom. The maximum absolute atomic E-state index is 12.7. The van der Waals surface area contributed by atoms with Crippen LogP contribution in [0.2, 0.25) is 0 Å². The molecular formula is C45H80N2O7. The van der Waals surface area contributed by atoms with Crippen LogP contribution in [-0.4, -0.2) is 59.3 Å². The van der Waals surface area contributed by atoms with E-state index in [1.165, 1.54) is 109 Å². The average molecular weight is 761 g/mol. The van der Waals surface area contributed by atoms with Crippen molar-refractivity contribution in [3.05, 3.63) is 36.5 Å². The van der Waals surface area contributed by atoms with E-state index in [1.807, 2.05) is 0 Å². The van der Waals surface area contributed by atoms with Crippen molar-refractivity contribution < 1.29 is 34.1 Å². The molecule has 0 fully saturated rings. The molecule has 0 aromatic carbocycles. The largest absolute Gasteiger partial charge is 0.480 e. The lowest BCUT2D eigenvalue weighted by Gasteiger charge is -2.15. The van der Waals surface area contributed by atoms with Crippen molar-refractivity contribution >= 4 is 23.8 Å². The van der Waals surface area contributed by atoms with Crippen molar-refractivity contribution in [2.75, 3.05) is 13.2 Å². The first-order valence-electron chi connectivity index (χ1n) is 21.9. The molecule has 0 aromatic heterocycles. The van der Waals surface area contributed by atoms with Gasteiger partial charge in [-0.25, -0.2) is 4.79 Å². The second-order valence-electron chi connectivity index (χ2n) is 14.8. The van der Waals surface area contributed by atoms with Crippen LogP contribution in [0.25, 0.3) is 0 Å². The van der Waals surface area contributed by atoms with Gasteiger partial charge in [0.25, 0.3) is 0 Å². The fourth-order valence-corrected chi connectivity index (χ4v) is 6.18. The van der Waals surface area contributed by atoms with Gasteiger partial charge in [-0.2, -0.15) is 0 Å². The number of carboxylic acid groups (broad SMARTS) is 1. The summed E-state index contributed by atoms with van der Waals surface area (Å²) >= 11 is 0. The second-order valence-corrected chi connectivity index (χ2v) is 14.8. The molecule has 312 valence electrons. The number of hydrogen-bond acceptors (Lipinski definition) is 6. The highest BCUT2D eigenvalue weighted by Gasteiger charge is 2.18. The van der Waals surface area contributed by atoms with Crippen LogP contribution >= 0.6 is 0 Å². The Bertz CT molecular complexity index is 1010. The molecule has 0 spiro atoms. The van der Waals surface area contributed by atoms with Gasteiger partial charge in [0, 0.05) is 12.8 Å².